The highest BCUT2D eigenvalue weighted by Gasteiger charge is 2.43. The van der Waals surface area contributed by atoms with Gasteiger partial charge in [0.05, 0.1) is 11.5 Å². The van der Waals surface area contributed by atoms with E-state index in [-0.39, 0.29) is 6.04 Å². The van der Waals surface area contributed by atoms with Crippen molar-refractivity contribution >= 4 is 9.84 Å². The predicted octanol–water partition coefficient (Wildman–Crippen LogP) is 0.978. The van der Waals surface area contributed by atoms with Gasteiger partial charge in [0.1, 0.15) is 0 Å². The summed E-state index contributed by atoms with van der Waals surface area (Å²) in [4.78, 5) is 5.17. The second-order valence-electron chi connectivity index (χ2n) is 6.86. The van der Waals surface area contributed by atoms with Gasteiger partial charge >= 0.3 is 0 Å². The predicted molar refractivity (Wildman–Crippen MR) is 77.0 cm³/mol. The summed E-state index contributed by atoms with van der Waals surface area (Å²) < 4.78 is 23.5. The molecule has 0 saturated carbocycles. The number of hydrogen-bond acceptors (Lipinski definition) is 4. The lowest BCUT2D eigenvalue weighted by Crippen LogP contribution is -2.60. The van der Waals surface area contributed by atoms with Crippen LogP contribution in [0.3, 0.4) is 0 Å². The van der Waals surface area contributed by atoms with Crippen molar-refractivity contribution in [3.63, 3.8) is 0 Å². The summed E-state index contributed by atoms with van der Waals surface area (Å²) in [6.45, 7) is 8.02. The van der Waals surface area contributed by atoms with Gasteiger partial charge < -0.3 is 0 Å². The van der Waals surface area contributed by atoms with Crippen molar-refractivity contribution in [2.24, 2.45) is 5.92 Å². The highest BCUT2D eigenvalue weighted by Crippen LogP contribution is 2.31. The maximum Gasteiger partial charge on any atom is 0.151 e. The largest absolute Gasteiger partial charge is 0.298 e. The van der Waals surface area contributed by atoms with E-state index in [2.05, 4.69) is 23.6 Å². The monoisotopic (exact) mass is 286 g/mol. The molecule has 0 aliphatic carbocycles. The summed E-state index contributed by atoms with van der Waals surface area (Å²) in [7, 11) is -2.77. The lowest BCUT2D eigenvalue weighted by atomic mass is 9.95. The van der Waals surface area contributed by atoms with E-state index in [1.807, 2.05) is 0 Å². The summed E-state index contributed by atoms with van der Waals surface area (Å²) in [5.74, 6) is 1.39. The Labute approximate surface area is 117 Å². The first-order chi connectivity index (χ1) is 8.96. The molecule has 3 atom stereocenters. The number of fused-ring (bicyclic) bond motifs is 1. The Morgan fingerprint density at radius 3 is 2.53 bits per heavy atom. The maximum atomic E-state index is 11.8. The van der Waals surface area contributed by atoms with Crippen molar-refractivity contribution < 1.29 is 8.42 Å². The highest BCUT2D eigenvalue weighted by molar-refractivity contribution is 7.91. The van der Waals surface area contributed by atoms with Gasteiger partial charge in [0.2, 0.25) is 0 Å². The van der Waals surface area contributed by atoms with Gasteiger partial charge in [0.15, 0.2) is 9.84 Å². The third-order valence-electron chi connectivity index (χ3n) is 5.22. The van der Waals surface area contributed by atoms with Crippen LogP contribution in [-0.4, -0.2) is 67.5 Å². The molecule has 3 fully saturated rings. The summed E-state index contributed by atoms with van der Waals surface area (Å²) in [5, 5.41) is 0. The zero-order valence-electron chi connectivity index (χ0n) is 12.1. The van der Waals surface area contributed by atoms with Gasteiger partial charge in [-0.3, -0.25) is 9.80 Å². The molecule has 110 valence electrons. The lowest BCUT2D eigenvalue weighted by molar-refractivity contribution is 0.00665. The van der Waals surface area contributed by atoms with Gasteiger partial charge in [-0.1, -0.05) is 13.8 Å². The molecular formula is C14H26N2O2S. The fourth-order valence-corrected chi connectivity index (χ4v) is 5.86. The molecule has 0 aromatic rings. The molecule has 4 nitrogen and oxygen atoms in total. The van der Waals surface area contributed by atoms with Gasteiger partial charge in [-0.2, -0.15) is 0 Å². The van der Waals surface area contributed by atoms with E-state index in [0.717, 1.165) is 19.5 Å². The van der Waals surface area contributed by atoms with Gasteiger partial charge in [-0.25, -0.2) is 8.42 Å². The summed E-state index contributed by atoms with van der Waals surface area (Å²) >= 11 is 0. The van der Waals surface area contributed by atoms with Gasteiger partial charge in [-0.15, -0.1) is 0 Å². The van der Waals surface area contributed by atoms with Crippen LogP contribution >= 0.6 is 0 Å². The van der Waals surface area contributed by atoms with E-state index in [1.54, 1.807) is 0 Å². The van der Waals surface area contributed by atoms with Crippen LogP contribution in [-0.2, 0) is 9.84 Å². The van der Waals surface area contributed by atoms with Crippen molar-refractivity contribution in [1.29, 1.82) is 0 Å². The van der Waals surface area contributed by atoms with Gasteiger partial charge in [0.25, 0.3) is 0 Å². The van der Waals surface area contributed by atoms with Crippen molar-refractivity contribution in [1.82, 2.24) is 9.80 Å². The van der Waals surface area contributed by atoms with E-state index >= 15 is 0 Å². The normalized spacial score (nSPS) is 39.8. The Morgan fingerprint density at radius 2 is 1.89 bits per heavy atom. The average molecular weight is 286 g/mol. The minimum absolute atomic E-state index is 0.278. The molecule has 0 bridgehead atoms. The fraction of sp³-hybridized carbons (Fsp3) is 1.00. The van der Waals surface area contributed by atoms with E-state index < -0.39 is 9.84 Å². The van der Waals surface area contributed by atoms with Gasteiger partial charge in [-0.05, 0) is 31.7 Å². The SMILES string of the molecule is CC(C)C1CN2CCCC2CN1C1CCS(=O)(=O)C1. The smallest absolute Gasteiger partial charge is 0.151 e. The Bertz CT molecular complexity index is 435. The maximum absolute atomic E-state index is 11.8. The van der Waals surface area contributed by atoms with Crippen molar-refractivity contribution in [3.8, 4) is 0 Å². The first-order valence-electron chi connectivity index (χ1n) is 7.66. The topological polar surface area (TPSA) is 40.6 Å². The molecule has 0 spiro atoms. The van der Waals surface area contributed by atoms with Crippen molar-refractivity contribution in [3.05, 3.63) is 0 Å². The molecule has 3 rings (SSSR count). The number of sulfone groups is 1. The molecular weight excluding hydrogens is 260 g/mol. The van der Waals surface area contributed by atoms with Crippen LogP contribution in [0.2, 0.25) is 0 Å². The van der Waals surface area contributed by atoms with E-state index in [4.69, 9.17) is 0 Å². The van der Waals surface area contributed by atoms with Crippen LogP contribution in [0.15, 0.2) is 0 Å². The summed E-state index contributed by atoms with van der Waals surface area (Å²) in [6, 6.07) is 1.49. The second-order valence-corrected chi connectivity index (χ2v) is 9.08. The van der Waals surface area contributed by atoms with E-state index in [1.165, 1.54) is 19.4 Å². The number of nitrogens with zero attached hydrogens (tertiary/aromatic N) is 2. The summed E-state index contributed by atoms with van der Waals surface area (Å²) in [6.07, 6.45) is 3.45. The first-order valence-corrected chi connectivity index (χ1v) is 9.48. The van der Waals surface area contributed by atoms with Crippen LogP contribution in [0.4, 0.5) is 0 Å². The average Bonchev–Trinajstić information content (AvgIpc) is 2.92. The van der Waals surface area contributed by atoms with E-state index in [9.17, 15) is 8.42 Å². The Kier molecular flexibility index (Phi) is 3.65. The van der Waals surface area contributed by atoms with Crippen molar-refractivity contribution in [2.75, 3.05) is 31.1 Å². The van der Waals surface area contributed by atoms with Crippen LogP contribution in [0.5, 0.6) is 0 Å². The van der Waals surface area contributed by atoms with Crippen LogP contribution < -0.4 is 0 Å². The molecule has 3 heterocycles. The molecule has 3 aliphatic rings. The van der Waals surface area contributed by atoms with Crippen LogP contribution in [0, 0.1) is 5.92 Å². The Balaban J connectivity index is 1.77. The molecule has 0 aromatic carbocycles. The standard InChI is InChI=1S/C14H26N2O2S/c1-11(2)14-9-15-6-3-4-12(15)8-16(14)13-5-7-19(17,18)10-13/h11-14H,3-10H2,1-2H3. The molecule has 3 saturated heterocycles. The first kappa shape index (κ1) is 13.8. The van der Waals surface area contributed by atoms with Crippen molar-refractivity contribution in [2.45, 2.75) is 51.2 Å². The minimum atomic E-state index is -2.77. The zero-order valence-corrected chi connectivity index (χ0v) is 12.9. The number of rotatable bonds is 2. The molecule has 0 N–H and O–H groups in total. The Morgan fingerprint density at radius 1 is 1.11 bits per heavy atom. The zero-order chi connectivity index (χ0) is 13.6. The molecule has 5 heteroatoms. The van der Waals surface area contributed by atoms with E-state index in [0.29, 0.717) is 29.5 Å². The number of piperazine rings is 1. The fourth-order valence-electron chi connectivity index (χ4n) is 4.12. The quantitative estimate of drug-likeness (QED) is 0.759. The molecule has 3 aliphatic heterocycles. The molecule has 3 unspecified atom stereocenters. The number of hydrogen-bond donors (Lipinski definition) is 0. The van der Waals surface area contributed by atoms with Crippen LogP contribution in [0.25, 0.3) is 0 Å². The van der Waals surface area contributed by atoms with Crippen LogP contribution in [0.1, 0.15) is 33.1 Å². The highest BCUT2D eigenvalue weighted by atomic mass is 32.2. The lowest BCUT2D eigenvalue weighted by Gasteiger charge is -2.48. The Hall–Kier alpha value is -0.130. The molecule has 0 aromatic heterocycles. The third-order valence-corrected chi connectivity index (χ3v) is 6.97. The molecule has 19 heavy (non-hydrogen) atoms. The molecule has 0 radical (unpaired) electrons. The summed E-state index contributed by atoms with van der Waals surface area (Å²) in [5.41, 5.74) is 0. The second kappa shape index (κ2) is 5.01. The third kappa shape index (κ3) is 2.69. The van der Waals surface area contributed by atoms with Gasteiger partial charge in [0, 0.05) is 31.2 Å². The molecule has 0 amide bonds. The minimum Gasteiger partial charge on any atom is -0.298 e.